The van der Waals surface area contributed by atoms with Gasteiger partial charge in [-0.15, -0.1) is 0 Å². The summed E-state index contributed by atoms with van der Waals surface area (Å²) in [5.74, 6) is -2.89. The Morgan fingerprint density at radius 3 is 1.62 bits per heavy atom. The highest BCUT2D eigenvalue weighted by Gasteiger charge is 2.19. The standard InChI is InChI=1S/C22H40O4/c1-2-3-4-5-6-7-8-9-10-11-12-13-14-15-16-17-18-20(22(25)26)19-21(23)24/h16-17,20H,2-15,18-19H2,1H3,(H,23,24)(H,25,26). The molecule has 1 unspecified atom stereocenters. The molecule has 0 aliphatic carbocycles. The van der Waals surface area contributed by atoms with Gasteiger partial charge in [-0.05, 0) is 19.3 Å². The Morgan fingerprint density at radius 1 is 0.731 bits per heavy atom. The van der Waals surface area contributed by atoms with Gasteiger partial charge < -0.3 is 10.2 Å². The van der Waals surface area contributed by atoms with Gasteiger partial charge in [0.25, 0.3) is 0 Å². The topological polar surface area (TPSA) is 74.6 Å². The van der Waals surface area contributed by atoms with Gasteiger partial charge in [-0.25, -0.2) is 0 Å². The second-order valence-corrected chi connectivity index (χ2v) is 7.37. The largest absolute Gasteiger partial charge is 0.481 e. The Labute approximate surface area is 160 Å². The minimum absolute atomic E-state index is 0.306. The van der Waals surface area contributed by atoms with Crippen LogP contribution >= 0.6 is 0 Å². The summed E-state index contributed by atoms with van der Waals surface area (Å²) in [4.78, 5) is 21.5. The Morgan fingerprint density at radius 2 is 1.19 bits per heavy atom. The van der Waals surface area contributed by atoms with Crippen LogP contribution in [0.4, 0.5) is 0 Å². The van der Waals surface area contributed by atoms with E-state index in [2.05, 4.69) is 6.92 Å². The lowest BCUT2D eigenvalue weighted by atomic mass is 10.0. The first-order chi connectivity index (χ1) is 12.6. The number of allylic oxidation sites excluding steroid dienone is 2. The molecule has 0 spiro atoms. The van der Waals surface area contributed by atoms with E-state index in [-0.39, 0.29) is 6.42 Å². The maximum atomic E-state index is 10.9. The van der Waals surface area contributed by atoms with Crippen molar-refractivity contribution in [3.05, 3.63) is 12.2 Å². The van der Waals surface area contributed by atoms with Gasteiger partial charge in [0.2, 0.25) is 0 Å². The Bertz CT molecular complexity index is 376. The quantitative estimate of drug-likeness (QED) is 0.199. The molecule has 0 saturated carbocycles. The molecule has 0 aliphatic heterocycles. The fraction of sp³-hybridized carbons (Fsp3) is 0.818. The lowest BCUT2D eigenvalue weighted by Crippen LogP contribution is -2.16. The van der Waals surface area contributed by atoms with Crippen LogP contribution in [0.5, 0.6) is 0 Å². The minimum atomic E-state index is -1.05. The van der Waals surface area contributed by atoms with Gasteiger partial charge in [-0.3, -0.25) is 9.59 Å². The third-order valence-electron chi connectivity index (χ3n) is 4.83. The predicted molar refractivity (Wildman–Crippen MR) is 107 cm³/mol. The Balaban J connectivity index is 3.37. The number of hydrogen-bond donors (Lipinski definition) is 2. The molecular weight excluding hydrogens is 328 g/mol. The van der Waals surface area contributed by atoms with Crippen LogP contribution in [0.3, 0.4) is 0 Å². The first-order valence-corrected chi connectivity index (χ1v) is 10.7. The molecule has 0 bridgehead atoms. The lowest BCUT2D eigenvalue weighted by Gasteiger charge is -2.05. The number of hydrogen-bond acceptors (Lipinski definition) is 2. The number of unbranched alkanes of at least 4 members (excludes halogenated alkanes) is 13. The highest BCUT2D eigenvalue weighted by atomic mass is 16.4. The molecule has 152 valence electrons. The van der Waals surface area contributed by atoms with Gasteiger partial charge >= 0.3 is 11.9 Å². The summed E-state index contributed by atoms with van der Waals surface area (Å²) in [5.41, 5.74) is 0. The fourth-order valence-electron chi connectivity index (χ4n) is 3.14. The molecule has 0 aromatic rings. The van der Waals surface area contributed by atoms with Crippen molar-refractivity contribution < 1.29 is 19.8 Å². The Kier molecular flexibility index (Phi) is 17.5. The van der Waals surface area contributed by atoms with Gasteiger partial charge in [0, 0.05) is 0 Å². The first-order valence-electron chi connectivity index (χ1n) is 10.7. The second kappa shape index (κ2) is 18.5. The molecule has 2 N–H and O–H groups in total. The van der Waals surface area contributed by atoms with Gasteiger partial charge in [0.15, 0.2) is 0 Å². The summed E-state index contributed by atoms with van der Waals surface area (Å²) in [5, 5.41) is 17.6. The van der Waals surface area contributed by atoms with Gasteiger partial charge in [0.1, 0.15) is 0 Å². The molecule has 0 saturated heterocycles. The number of carboxylic acids is 2. The van der Waals surface area contributed by atoms with Crippen molar-refractivity contribution in [2.45, 2.75) is 110 Å². The monoisotopic (exact) mass is 368 g/mol. The third-order valence-corrected chi connectivity index (χ3v) is 4.83. The average Bonchev–Trinajstić information content (AvgIpc) is 2.59. The summed E-state index contributed by atoms with van der Waals surface area (Å²) in [6.07, 6.45) is 22.1. The Hall–Kier alpha value is -1.32. The highest BCUT2D eigenvalue weighted by molar-refractivity contribution is 5.77. The van der Waals surface area contributed by atoms with E-state index in [1.54, 1.807) is 0 Å². The number of rotatable bonds is 19. The fourth-order valence-corrected chi connectivity index (χ4v) is 3.14. The molecule has 4 heteroatoms. The molecule has 0 aromatic heterocycles. The lowest BCUT2D eigenvalue weighted by molar-refractivity contribution is -0.148. The van der Waals surface area contributed by atoms with Crippen LogP contribution in [0.15, 0.2) is 12.2 Å². The third kappa shape index (κ3) is 17.5. The minimum Gasteiger partial charge on any atom is -0.481 e. The van der Waals surface area contributed by atoms with E-state index in [4.69, 9.17) is 10.2 Å². The molecule has 0 aliphatic rings. The van der Waals surface area contributed by atoms with Gasteiger partial charge in [-0.1, -0.05) is 96.1 Å². The van der Waals surface area contributed by atoms with Crippen molar-refractivity contribution in [2.75, 3.05) is 0 Å². The SMILES string of the molecule is CCCCCCCCCCCCCCCC=CCC(CC(=O)O)C(=O)O. The van der Waals surface area contributed by atoms with Gasteiger partial charge in [0.05, 0.1) is 12.3 Å². The molecule has 0 fully saturated rings. The van der Waals surface area contributed by atoms with Crippen LogP contribution in [0.1, 0.15) is 110 Å². The highest BCUT2D eigenvalue weighted by Crippen LogP contribution is 2.14. The smallest absolute Gasteiger partial charge is 0.307 e. The second-order valence-electron chi connectivity index (χ2n) is 7.37. The van der Waals surface area contributed by atoms with E-state index < -0.39 is 17.9 Å². The molecule has 0 aromatic carbocycles. The van der Waals surface area contributed by atoms with E-state index in [1.165, 1.54) is 77.0 Å². The van der Waals surface area contributed by atoms with Crippen molar-refractivity contribution in [3.8, 4) is 0 Å². The van der Waals surface area contributed by atoms with E-state index in [0.717, 1.165) is 12.8 Å². The van der Waals surface area contributed by atoms with E-state index >= 15 is 0 Å². The maximum absolute atomic E-state index is 10.9. The molecule has 4 nitrogen and oxygen atoms in total. The molecule has 1 atom stereocenters. The number of aliphatic carboxylic acids is 2. The zero-order chi connectivity index (χ0) is 19.5. The van der Waals surface area contributed by atoms with Crippen molar-refractivity contribution >= 4 is 11.9 Å². The molecule has 0 amide bonds. The first kappa shape index (κ1) is 24.7. The zero-order valence-corrected chi connectivity index (χ0v) is 16.8. The summed E-state index contributed by atoms with van der Waals surface area (Å²) in [7, 11) is 0. The van der Waals surface area contributed by atoms with Crippen LogP contribution in [0.2, 0.25) is 0 Å². The summed E-state index contributed by atoms with van der Waals surface area (Å²) in [6, 6.07) is 0. The molecule has 0 radical (unpaired) electrons. The molecule has 0 rings (SSSR count). The summed E-state index contributed by atoms with van der Waals surface area (Å²) in [6.45, 7) is 2.26. The van der Waals surface area contributed by atoms with Crippen molar-refractivity contribution in [1.82, 2.24) is 0 Å². The summed E-state index contributed by atoms with van der Waals surface area (Å²) < 4.78 is 0. The normalized spacial score (nSPS) is 12.5. The summed E-state index contributed by atoms with van der Waals surface area (Å²) >= 11 is 0. The van der Waals surface area contributed by atoms with Gasteiger partial charge in [-0.2, -0.15) is 0 Å². The average molecular weight is 369 g/mol. The van der Waals surface area contributed by atoms with Crippen molar-refractivity contribution in [2.24, 2.45) is 5.92 Å². The van der Waals surface area contributed by atoms with Crippen LogP contribution in [-0.2, 0) is 9.59 Å². The number of carboxylic acid groups (broad SMARTS) is 2. The van der Waals surface area contributed by atoms with E-state index in [9.17, 15) is 9.59 Å². The van der Waals surface area contributed by atoms with E-state index in [0.29, 0.717) is 6.42 Å². The maximum Gasteiger partial charge on any atom is 0.307 e. The molecule has 0 heterocycles. The molecule has 26 heavy (non-hydrogen) atoms. The van der Waals surface area contributed by atoms with E-state index in [1.807, 2.05) is 12.2 Å². The molecular formula is C22H40O4. The van der Waals surface area contributed by atoms with Crippen LogP contribution in [0.25, 0.3) is 0 Å². The van der Waals surface area contributed by atoms with Crippen LogP contribution in [-0.4, -0.2) is 22.2 Å². The zero-order valence-electron chi connectivity index (χ0n) is 16.8. The van der Waals surface area contributed by atoms with Crippen molar-refractivity contribution in [1.29, 1.82) is 0 Å². The van der Waals surface area contributed by atoms with Crippen LogP contribution in [0, 0.1) is 5.92 Å². The predicted octanol–water partition coefficient (Wildman–Crippen LogP) is 6.59. The van der Waals surface area contributed by atoms with Crippen LogP contribution < -0.4 is 0 Å². The number of carbonyl (C=O) groups is 2. The van der Waals surface area contributed by atoms with Crippen molar-refractivity contribution in [3.63, 3.8) is 0 Å².